The lowest BCUT2D eigenvalue weighted by atomic mass is 10.4. The van der Waals surface area contributed by atoms with E-state index in [4.69, 9.17) is 9.52 Å². The van der Waals surface area contributed by atoms with Crippen LogP contribution in [0.1, 0.15) is 11.5 Å². The number of hydrogen-bond acceptors (Lipinski definition) is 6. The molecule has 0 radical (unpaired) electrons. The number of furan rings is 1. The van der Waals surface area contributed by atoms with Crippen LogP contribution in [0.25, 0.3) is 11.2 Å². The fraction of sp³-hybridized carbons (Fsp3) is 0.182. The van der Waals surface area contributed by atoms with Gasteiger partial charge in [0.2, 0.25) is 0 Å². The van der Waals surface area contributed by atoms with Crippen LogP contribution in [0, 0.1) is 0 Å². The summed E-state index contributed by atoms with van der Waals surface area (Å²) in [5.41, 5.74) is 1.37. The first-order valence-corrected chi connectivity index (χ1v) is 5.43. The maximum atomic E-state index is 8.90. The molecule has 3 heterocycles. The normalized spacial score (nSPS) is 10.9. The van der Waals surface area contributed by atoms with E-state index in [2.05, 4.69) is 25.3 Å². The van der Waals surface area contributed by atoms with Crippen molar-refractivity contribution in [2.45, 2.75) is 13.2 Å². The maximum absolute atomic E-state index is 8.90. The predicted molar refractivity (Wildman–Crippen MR) is 63.6 cm³/mol. The van der Waals surface area contributed by atoms with E-state index >= 15 is 0 Å². The molecule has 92 valence electrons. The molecule has 0 aliphatic carbocycles. The second-order valence-electron chi connectivity index (χ2n) is 3.70. The van der Waals surface area contributed by atoms with Crippen molar-refractivity contribution in [1.29, 1.82) is 0 Å². The van der Waals surface area contributed by atoms with E-state index in [1.165, 1.54) is 6.33 Å². The molecule has 0 aliphatic heterocycles. The van der Waals surface area contributed by atoms with Gasteiger partial charge in [-0.25, -0.2) is 15.0 Å². The number of rotatable bonds is 4. The molecule has 0 spiro atoms. The Hall–Kier alpha value is -2.41. The van der Waals surface area contributed by atoms with Gasteiger partial charge in [-0.05, 0) is 12.1 Å². The summed E-state index contributed by atoms with van der Waals surface area (Å²) in [6.45, 7) is 0.378. The van der Waals surface area contributed by atoms with Gasteiger partial charge in [0.25, 0.3) is 0 Å². The number of aliphatic hydroxyl groups is 1. The second kappa shape index (κ2) is 4.46. The Labute approximate surface area is 102 Å². The Kier molecular flexibility index (Phi) is 2.66. The molecule has 7 heteroatoms. The summed E-state index contributed by atoms with van der Waals surface area (Å²) in [6, 6.07) is 3.55. The molecule has 0 amide bonds. The molecule has 0 saturated heterocycles. The van der Waals surface area contributed by atoms with Crippen LogP contribution in [0.4, 0.5) is 5.82 Å². The zero-order chi connectivity index (χ0) is 12.4. The standard InChI is InChI=1S/C11H11N5O2/c17-4-8-2-1-7(18-8)3-12-10-9-11(14-5-13-9)16-6-15-10/h1-2,5-6,17H,3-4H2,(H2,12,13,14,15,16). The van der Waals surface area contributed by atoms with Crippen molar-refractivity contribution >= 4 is 17.0 Å². The molecule has 0 fully saturated rings. The fourth-order valence-electron chi connectivity index (χ4n) is 1.67. The zero-order valence-corrected chi connectivity index (χ0v) is 9.42. The van der Waals surface area contributed by atoms with Gasteiger partial charge in [0.15, 0.2) is 11.5 Å². The predicted octanol–water partition coefficient (Wildman–Crippen LogP) is 1.05. The summed E-state index contributed by atoms with van der Waals surface area (Å²) in [6.07, 6.45) is 3.02. The summed E-state index contributed by atoms with van der Waals surface area (Å²) in [4.78, 5) is 15.2. The number of aromatic nitrogens is 4. The highest BCUT2D eigenvalue weighted by atomic mass is 16.4. The number of H-pyrrole nitrogens is 1. The Bertz CT molecular complexity index is 660. The monoisotopic (exact) mass is 245 g/mol. The minimum Gasteiger partial charge on any atom is -0.462 e. The van der Waals surface area contributed by atoms with E-state index in [0.717, 1.165) is 11.3 Å². The van der Waals surface area contributed by atoms with Gasteiger partial charge >= 0.3 is 0 Å². The van der Waals surface area contributed by atoms with E-state index in [9.17, 15) is 0 Å². The highest BCUT2D eigenvalue weighted by Crippen LogP contribution is 2.16. The summed E-state index contributed by atoms with van der Waals surface area (Å²) >= 11 is 0. The number of fused-ring (bicyclic) bond motifs is 1. The number of nitrogens with one attached hydrogen (secondary N) is 2. The van der Waals surface area contributed by atoms with Crippen LogP contribution in [-0.4, -0.2) is 25.0 Å². The van der Waals surface area contributed by atoms with E-state index in [1.54, 1.807) is 12.4 Å². The van der Waals surface area contributed by atoms with Gasteiger partial charge < -0.3 is 19.8 Å². The minimum atomic E-state index is -0.0989. The van der Waals surface area contributed by atoms with Gasteiger partial charge in [0.05, 0.1) is 12.9 Å². The molecule has 0 aromatic carbocycles. The molecular formula is C11H11N5O2. The number of aromatic amines is 1. The van der Waals surface area contributed by atoms with Gasteiger partial charge in [0.1, 0.15) is 30.0 Å². The van der Waals surface area contributed by atoms with Crippen LogP contribution < -0.4 is 5.32 Å². The molecule has 0 unspecified atom stereocenters. The second-order valence-corrected chi connectivity index (χ2v) is 3.70. The van der Waals surface area contributed by atoms with Crippen LogP contribution in [0.5, 0.6) is 0 Å². The molecule has 3 N–H and O–H groups in total. The summed E-state index contributed by atoms with van der Waals surface area (Å²) in [7, 11) is 0. The fourth-order valence-corrected chi connectivity index (χ4v) is 1.67. The number of aliphatic hydroxyl groups excluding tert-OH is 1. The smallest absolute Gasteiger partial charge is 0.182 e. The molecule has 0 atom stereocenters. The maximum Gasteiger partial charge on any atom is 0.182 e. The molecule has 18 heavy (non-hydrogen) atoms. The average Bonchev–Trinajstić information content (AvgIpc) is 3.05. The summed E-state index contributed by atoms with van der Waals surface area (Å²) in [5, 5.41) is 12.0. The van der Waals surface area contributed by atoms with Gasteiger partial charge in [-0.3, -0.25) is 0 Å². The van der Waals surface area contributed by atoms with Crippen LogP contribution >= 0.6 is 0 Å². The number of anilines is 1. The first-order chi connectivity index (χ1) is 8.86. The molecule has 0 aliphatic rings. The molecule has 3 aromatic rings. The van der Waals surface area contributed by atoms with Crippen LogP contribution in [-0.2, 0) is 13.2 Å². The number of nitrogens with zero attached hydrogens (tertiary/aromatic N) is 3. The first kappa shape index (κ1) is 10.7. The van der Waals surface area contributed by atoms with Crippen molar-refractivity contribution in [2.75, 3.05) is 5.32 Å². The summed E-state index contributed by atoms with van der Waals surface area (Å²) < 4.78 is 5.37. The van der Waals surface area contributed by atoms with Gasteiger partial charge in [-0.1, -0.05) is 0 Å². The Morgan fingerprint density at radius 2 is 2.11 bits per heavy atom. The third-order valence-corrected chi connectivity index (χ3v) is 2.53. The Morgan fingerprint density at radius 3 is 2.94 bits per heavy atom. The van der Waals surface area contributed by atoms with Crippen molar-refractivity contribution in [2.24, 2.45) is 0 Å². The van der Waals surface area contributed by atoms with Crippen LogP contribution in [0.2, 0.25) is 0 Å². The molecule has 7 nitrogen and oxygen atoms in total. The van der Waals surface area contributed by atoms with Crippen molar-refractivity contribution < 1.29 is 9.52 Å². The first-order valence-electron chi connectivity index (χ1n) is 5.43. The highest BCUT2D eigenvalue weighted by Gasteiger charge is 2.06. The van der Waals surface area contributed by atoms with Crippen LogP contribution in [0.15, 0.2) is 29.2 Å². The van der Waals surface area contributed by atoms with Gasteiger partial charge in [0, 0.05) is 0 Å². The van der Waals surface area contributed by atoms with Crippen molar-refractivity contribution in [1.82, 2.24) is 19.9 Å². The topological polar surface area (TPSA) is 99.9 Å². The summed E-state index contributed by atoms with van der Waals surface area (Å²) in [5.74, 6) is 1.94. The average molecular weight is 245 g/mol. The third-order valence-electron chi connectivity index (χ3n) is 2.53. The van der Waals surface area contributed by atoms with Gasteiger partial charge in [-0.15, -0.1) is 0 Å². The van der Waals surface area contributed by atoms with Crippen molar-refractivity contribution in [3.8, 4) is 0 Å². The largest absolute Gasteiger partial charge is 0.462 e. The third kappa shape index (κ3) is 1.91. The van der Waals surface area contributed by atoms with E-state index < -0.39 is 0 Å². The lowest BCUT2D eigenvalue weighted by Gasteiger charge is -2.03. The van der Waals surface area contributed by atoms with Gasteiger partial charge in [-0.2, -0.15) is 0 Å². The minimum absolute atomic E-state index is 0.0989. The highest BCUT2D eigenvalue weighted by molar-refractivity contribution is 5.81. The lowest BCUT2D eigenvalue weighted by Crippen LogP contribution is -2.01. The van der Waals surface area contributed by atoms with E-state index in [0.29, 0.717) is 23.8 Å². The molecule has 3 aromatic heterocycles. The van der Waals surface area contributed by atoms with Crippen molar-refractivity contribution in [3.05, 3.63) is 36.3 Å². The van der Waals surface area contributed by atoms with E-state index in [1.807, 2.05) is 6.07 Å². The molecule has 0 bridgehead atoms. The molecule has 3 rings (SSSR count). The number of hydrogen-bond donors (Lipinski definition) is 3. The number of imidazole rings is 1. The quantitative estimate of drug-likeness (QED) is 0.635. The SMILES string of the molecule is OCc1ccc(CNc2ncnc3nc[nH]c23)o1. The lowest BCUT2D eigenvalue weighted by molar-refractivity contribution is 0.244. The van der Waals surface area contributed by atoms with E-state index in [-0.39, 0.29) is 6.61 Å². The Morgan fingerprint density at radius 1 is 1.22 bits per heavy atom. The Balaban J connectivity index is 1.78. The molecule has 0 saturated carbocycles. The van der Waals surface area contributed by atoms with Crippen LogP contribution in [0.3, 0.4) is 0 Å². The zero-order valence-electron chi connectivity index (χ0n) is 9.42. The van der Waals surface area contributed by atoms with Crippen molar-refractivity contribution in [3.63, 3.8) is 0 Å². The molecular weight excluding hydrogens is 234 g/mol.